The summed E-state index contributed by atoms with van der Waals surface area (Å²) >= 11 is 0. The predicted molar refractivity (Wildman–Crippen MR) is 146 cm³/mol. The van der Waals surface area contributed by atoms with Crippen molar-refractivity contribution >= 4 is 23.1 Å². The van der Waals surface area contributed by atoms with Crippen LogP contribution in [-0.4, -0.2) is 75.4 Å². The summed E-state index contributed by atoms with van der Waals surface area (Å²) in [6.07, 6.45) is 1.82. The number of Topliss-reactive ketones (excluding diaryl/α,β-unsaturated/α-hetero) is 1. The first-order valence-electron chi connectivity index (χ1n) is 13.2. The molecule has 2 aliphatic heterocycles. The van der Waals surface area contributed by atoms with E-state index < -0.39 is 17.7 Å². The monoisotopic (exact) mass is 516 g/mol. The molecule has 8 heteroatoms. The quantitative estimate of drug-likeness (QED) is 0.313. The van der Waals surface area contributed by atoms with Crippen molar-refractivity contribution < 1.29 is 19.4 Å². The Bertz CT molecular complexity index is 1410. The molecule has 0 saturated carbocycles. The summed E-state index contributed by atoms with van der Waals surface area (Å²) in [6.45, 7) is 14.1. The van der Waals surface area contributed by atoms with E-state index in [9.17, 15) is 14.7 Å². The summed E-state index contributed by atoms with van der Waals surface area (Å²) in [6, 6.07) is 11.2. The predicted octanol–water partition coefficient (Wildman–Crippen LogP) is 4.00. The van der Waals surface area contributed by atoms with Gasteiger partial charge >= 0.3 is 0 Å². The van der Waals surface area contributed by atoms with Crippen LogP contribution >= 0.6 is 0 Å². The molecule has 200 valence electrons. The topological polar surface area (TPSA) is 87.4 Å². The molecule has 0 bridgehead atoms. The molecule has 3 aromatic rings. The van der Waals surface area contributed by atoms with Crippen molar-refractivity contribution in [2.75, 3.05) is 39.4 Å². The maximum Gasteiger partial charge on any atom is 0.295 e. The standard InChI is InChI=1S/C30H36N4O4/c1-19-7-6-12-33-24(20(2)31-28(19)33)26(35)23-25(21-8-10-22(11-9-21)30(3,4)5)34(29(37)27(23)36)14-13-32-15-17-38-18-16-32/h6-12,25,35H,13-18H2,1-5H3/b26-23+/t25-/m1/s1. The lowest BCUT2D eigenvalue weighted by Crippen LogP contribution is -2.42. The smallest absolute Gasteiger partial charge is 0.295 e. The summed E-state index contributed by atoms with van der Waals surface area (Å²) in [5.74, 6) is -1.46. The number of hydrogen-bond acceptors (Lipinski definition) is 6. The number of benzene rings is 1. The van der Waals surface area contributed by atoms with E-state index >= 15 is 0 Å². The van der Waals surface area contributed by atoms with Gasteiger partial charge in [-0.3, -0.25) is 18.9 Å². The molecule has 0 spiro atoms. The largest absolute Gasteiger partial charge is 0.505 e. The molecule has 4 heterocycles. The van der Waals surface area contributed by atoms with Gasteiger partial charge in [0.15, 0.2) is 5.76 Å². The first-order chi connectivity index (χ1) is 18.1. The molecule has 1 aromatic carbocycles. The van der Waals surface area contributed by atoms with Gasteiger partial charge in [-0.25, -0.2) is 4.98 Å². The highest BCUT2D eigenvalue weighted by molar-refractivity contribution is 6.46. The second-order valence-electron chi connectivity index (χ2n) is 11.2. The second-order valence-corrected chi connectivity index (χ2v) is 11.2. The number of imidazole rings is 1. The maximum absolute atomic E-state index is 13.6. The van der Waals surface area contributed by atoms with Crippen molar-refractivity contribution in [3.63, 3.8) is 0 Å². The van der Waals surface area contributed by atoms with Gasteiger partial charge in [0.1, 0.15) is 11.3 Å². The molecule has 0 aliphatic carbocycles. The number of carbonyl (C=O) groups excluding carboxylic acids is 2. The number of hydrogen-bond donors (Lipinski definition) is 1. The van der Waals surface area contributed by atoms with Crippen molar-refractivity contribution in [1.29, 1.82) is 0 Å². The van der Waals surface area contributed by atoms with E-state index in [1.54, 1.807) is 9.30 Å². The first-order valence-corrected chi connectivity index (χ1v) is 13.2. The van der Waals surface area contributed by atoms with E-state index in [0.29, 0.717) is 43.3 Å². The lowest BCUT2D eigenvalue weighted by atomic mass is 9.85. The molecule has 1 amide bonds. The van der Waals surface area contributed by atoms with Crippen LogP contribution in [0.25, 0.3) is 11.4 Å². The molecule has 2 saturated heterocycles. The van der Waals surface area contributed by atoms with E-state index in [2.05, 4.69) is 30.7 Å². The molecule has 0 unspecified atom stereocenters. The fourth-order valence-corrected chi connectivity index (χ4v) is 5.43. The van der Waals surface area contributed by atoms with Crippen molar-refractivity contribution in [1.82, 2.24) is 19.2 Å². The molecule has 0 radical (unpaired) electrons. The summed E-state index contributed by atoms with van der Waals surface area (Å²) in [4.78, 5) is 35.5. The minimum atomic E-state index is -0.695. The SMILES string of the molecule is Cc1nc2c(C)cccn2c1/C(O)=C1\C(=O)C(=O)N(CCN2CCOCC2)[C@@H]1c1ccc(C(C)(C)C)cc1. The lowest BCUT2D eigenvalue weighted by Gasteiger charge is -2.31. The Labute approximate surface area is 223 Å². The molecule has 5 rings (SSSR count). The molecule has 2 aliphatic rings. The van der Waals surface area contributed by atoms with Crippen LogP contribution in [0.2, 0.25) is 0 Å². The van der Waals surface area contributed by atoms with E-state index in [-0.39, 0.29) is 16.7 Å². The van der Waals surface area contributed by atoms with Gasteiger partial charge in [0.2, 0.25) is 0 Å². The van der Waals surface area contributed by atoms with Gasteiger partial charge in [-0.1, -0.05) is 51.1 Å². The third kappa shape index (κ3) is 4.63. The minimum absolute atomic E-state index is 0.0395. The molecule has 1 atom stereocenters. The number of ether oxygens (including phenoxy) is 1. The van der Waals surface area contributed by atoms with E-state index in [1.807, 2.05) is 56.4 Å². The van der Waals surface area contributed by atoms with E-state index in [4.69, 9.17) is 4.74 Å². The highest BCUT2D eigenvalue weighted by Gasteiger charge is 2.46. The zero-order valence-corrected chi connectivity index (χ0v) is 22.8. The number of amides is 1. The second kappa shape index (κ2) is 10.0. The molecule has 38 heavy (non-hydrogen) atoms. The Morgan fingerprint density at radius 1 is 1.05 bits per heavy atom. The van der Waals surface area contributed by atoms with Crippen LogP contribution in [0.15, 0.2) is 48.2 Å². The van der Waals surface area contributed by atoms with Gasteiger partial charge in [-0.05, 0) is 42.0 Å². The number of aliphatic hydroxyl groups excluding tert-OH is 1. The van der Waals surface area contributed by atoms with Crippen molar-refractivity contribution in [3.05, 3.63) is 76.2 Å². The summed E-state index contributed by atoms with van der Waals surface area (Å²) < 4.78 is 7.25. The number of rotatable bonds is 5. The average molecular weight is 517 g/mol. The zero-order valence-electron chi connectivity index (χ0n) is 22.8. The Kier molecular flexibility index (Phi) is 6.88. The maximum atomic E-state index is 13.6. The molecular weight excluding hydrogens is 480 g/mol. The average Bonchev–Trinajstić information content (AvgIpc) is 3.36. The van der Waals surface area contributed by atoms with Crippen LogP contribution in [0.3, 0.4) is 0 Å². The number of likely N-dealkylation sites (tertiary alicyclic amines) is 1. The van der Waals surface area contributed by atoms with Gasteiger partial charge in [0, 0.05) is 32.4 Å². The number of aryl methyl sites for hydroxylation is 2. The lowest BCUT2D eigenvalue weighted by molar-refractivity contribution is -0.140. The summed E-state index contributed by atoms with van der Waals surface area (Å²) in [7, 11) is 0. The molecule has 1 N–H and O–H groups in total. The number of fused-ring (bicyclic) bond motifs is 1. The Hall–Kier alpha value is -3.49. The highest BCUT2D eigenvalue weighted by atomic mass is 16.5. The first kappa shape index (κ1) is 26.1. The summed E-state index contributed by atoms with van der Waals surface area (Å²) in [5.41, 5.74) is 4.70. The van der Waals surface area contributed by atoms with Crippen LogP contribution < -0.4 is 0 Å². The molecule has 2 fully saturated rings. The van der Waals surface area contributed by atoms with Gasteiger partial charge < -0.3 is 14.7 Å². The number of carbonyl (C=O) groups is 2. The third-order valence-corrected chi connectivity index (χ3v) is 7.64. The Morgan fingerprint density at radius 3 is 2.39 bits per heavy atom. The fourth-order valence-electron chi connectivity index (χ4n) is 5.43. The minimum Gasteiger partial charge on any atom is -0.505 e. The van der Waals surface area contributed by atoms with Crippen molar-refractivity contribution in [2.45, 2.75) is 46.1 Å². The number of pyridine rings is 1. The van der Waals surface area contributed by atoms with Crippen LogP contribution in [0.5, 0.6) is 0 Å². The molecule has 8 nitrogen and oxygen atoms in total. The number of aromatic nitrogens is 2. The van der Waals surface area contributed by atoms with Crippen molar-refractivity contribution in [2.24, 2.45) is 0 Å². The van der Waals surface area contributed by atoms with Crippen molar-refractivity contribution in [3.8, 4) is 0 Å². The van der Waals surface area contributed by atoms with Gasteiger partial charge in [0.05, 0.1) is 30.5 Å². The van der Waals surface area contributed by atoms with Crippen LogP contribution in [0.4, 0.5) is 0 Å². The van der Waals surface area contributed by atoms with E-state index in [1.165, 1.54) is 0 Å². The van der Waals surface area contributed by atoms with Crippen LogP contribution in [0.1, 0.15) is 54.9 Å². The van der Waals surface area contributed by atoms with Crippen LogP contribution in [0, 0.1) is 13.8 Å². The molecule has 2 aromatic heterocycles. The van der Waals surface area contributed by atoms with E-state index in [0.717, 1.165) is 29.8 Å². The fraction of sp³-hybridized carbons (Fsp3) is 0.433. The number of nitrogens with zero attached hydrogens (tertiary/aromatic N) is 4. The normalized spacial score (nSPS) is 20.6. The Balaban J connectivity index is 1.62. The highest BCUT2D eigenvalue weighted by Crippen LogP contribution is 2.40. The van der Waals surface area contributed by atoms with Crippen LogP contribution in [-0.2, 0) is 19.7 Å². The molecular formula is C30H36N4O4. The number of ketones is 1. The van der Waals surface area contributed by atoms with Gasteiger partial charge in [0.25, 0.3) is 11.7 Å². The third-order valence-electron chi connectivity index (χ3n) is 7.64. The van der Waals surface area contributed by atoms with Gasteiger partial charge in [-0.2, -0.15) is 0 Å². The summed E-state index contributed by atoms with van der Waals surface area (Å²) in [5, 5.41) is 11.7. The van der Waals surface area contributed by atoms with Gasteiger partial charge in [-0.15, -0.1) is 0 Å². The number of aliphatic hydroxyl groups is 1. The number of morpholine rings is 1. The Morgan fingerprint density at radius 2 is 1.74 bits per heavy atom. The zero-order chi connectivity index (χ0) is 27.2.